The van der Waals surface area contributed by atoms with Gasteiger partial charge in [0.15, 0.2) is 11.5 Å². The quantitative estimate of drug-likeness (QED) is 0.387. The summed E-state index contributed by atoms with van der Waals surface area (Å²) in [6.45, 7) is 0.204. The van der Waals surface area contributed by atoms with E-state index in [9.17, 15) is 4.79 Å². The molecule has 2 heterocycles. The number of rotatable bonds is 1. The van der Waals surface area contributed by atoms with Crippen molar-refractivity contribution in [2.24, 2.45) is 0 Å². The van der Waals surface area contributed by atoms with Gasteiger partial charge in [0.25, 0.3) is 0 Å². The molecule has 5 rings (SSSR count). The number of ether oxygens (including phenoxy) is 2. The third-order valence-corrected chi connectivity index (χ3v) is 4.33. The topological polar surface area (TPSA) is 48.7 Å². The fourth-order valence-electron chi connectivity index (χ4n) is 3.14. The molecule has 0 amide bonds. The van der Waals surface area contributed by atoms with Crippen molar-refractivity contribution in [3.63, 3.8) is 0 Å². The molecule has 0 saturated carbocycles. The van der Waals surface area contributed by atoms with Crippen LogP contribution in [0.1, 0.15) is 0 Å². The van der Waals surface area contributed by atoms with Gasteiger partial charge >= 0.3 is 5.63 Å². The highest BCUT2D eigenvalue weighted by Gasteiger charge is 2.16. The highest BCUT2D eigenvalue weighted by molar-refractivity contribution is 6.06. The lowest BCUT2D eigenvalue weighted by atomic mass is 10.0. The predicted molar refractivity (Wildman–Crippen MR) is 91.5 cm³/mol. The predicted octanol–water partition coefficient (Wildman–Crippen LogP) is 4.34. The van der Waals surface area contributed by atoms with E-state index >= 15 is 0 Å². The second-order valence-corrected chi connectivity index (χ2v) is 5.71. The van der Waals surface area contributed by atoms with Crippen molar-refractivity contribution in [1.29, 1.82) is 0 Å². The Hall–Kier alpha value is -3.27. The molecule has 0 bridgehead atoms. The van der Waals surface area contributed by atoms with Crippen LogP contribution in [0.3, 0.4) is 0 Å². The first kappa shape index (κ1) is 13.2. The van der Waals surface area contributed by atoms with Crippen LogP contribution in [0, 0.1) is 0 Å². The molecule has 1 aliphatic rings. The average molecular weight is 316 g/mol. The summed E-state index contributed by atoms with van der Waals surface area (Å²) in [5.41, 5.74) is 1.49. The summed E-state index contributed by atoms with van der Waals surface area (Å²) < 4.78 is 16.3. The van der Waals surface area contributed by atoms with Gasteiger partial charge in [-0.1, -0.05) is 36.4 Å². The second kappa shape index (κ2) is 4.86. The van der Waals surface area contributed by atoms with Gasteiger partial charge in [0.1, 0.15) is 5.58 Å². The van der Waals surface area contributed by atoms with Gasteiger partial charge in [0.2, 0.25) is 6.79 Å². The lowest BCUT2D eigenvalue weighted by molar-refractivity contribution is 0.174. The Morgan fingerprint density at radius 2 is 1.67 bits per heavy atom. The van der Waals surface area contributed by atoms with Crippen molar-refractivity contribution in [3.05, 3.63) is 71.1 Å². The summed E-state index contributed by atoms with van der Waals surface area (Å²) in [6.07, 6.45) is 0. The molecule has 4 heteroatoms. The van der Waals surface area contributed by atoms with Crippen LogP contribution in [-0.4, -0.2) is 6.79 Å². The van der Waals surface area contributed by atoms with E-state index in [1.807, 2.05) is 60.7 Å². The smallest absolute Gasteiger partial charge is 0.344 e. The zero-order valence-corrected chi connectivity index (χ0v) is 12.6. The molecule has 0 radical (unpaired) electrons. The van der Waals surface area contributed by atoms with E-state index in [1.165, 1.54) is 0 Å². The molecular weight excluding hydrogens is 304 g/mol. The molecule has 24 heavy (non-hydrogen) atoms. The molecule has 0 saturated heterocycles. The maximum Gasteiger partial charge on any atom is 0.344 e. The standard InChI is InChI=1S/C20H12O4/c21-20-15(13-6-8-18-19(9-13)23-11-22-18)10-16-14-4-2-1-3-12(14)5-7-17(16)24-20/h1-10H,11H2. The highest BCUT2D eigenvalue weighted by Crippen LogP contribution is 2.36. The molecule has 0 aliphatic carbocycles. The summed E-state index contributed by atoms with van der Waals surface area (Å²) in [7, 11) is 0. The van der Waals surface area contributed by atoms with Gasteiger partial charge in [-0.2, -0.15) is 0 Å². The van der Waals surface area contributed by atoms with Crippen LogP contribution >= 0.6 is 0 Å². The second-order valence-electron chi connectivity index (χ2n) is 5.71. The Morgan fingerprint density at radius 1 is 0.792 bits per heavy atom. The van der Waals surface area contributed by atoms with E-state index in [1.54, 1.807) is 0 Å². The van der Waals surface area contributed by atoms with Crippen molar-refractivity contribution >= 4 is 21.7 Å². The van der Waals surface area contributed by atoms with Crippen molar-refractivity contribution in [1.82, 2.24) is 0 Å². The van der Waals surface area contributed by atoms with E-state index in [0.717, 1.165) is 21.7 Å². The Labute approximate surface area is 136 Å². The maximum atomic E-state index is 12.4. The lowest BCUT2D eigenvalue weighted by Crippen LogP contribution is -2.02. The van der Waals surface area contributed by atoms with Gasteiger partial charge in [-0.15, -0.1) is 0 Å². The lowest BCUT2D eigenvalue weighted by Gasteiger charge is -2.06. The molecule has 0 fully saturated rings. The van der Waals surface area contributed by atoms with Crippen LogP contribution < -0.4 is 15.1 Å². The first-order chi connectivity index (χ1) is 11.8. The normalized spacial score (nSPS) is 12.8. The first-order valence-electron chi connectivity index (χ1n) is 7.65. The third kappa shape index (κ3) is 1.90. The van der Waals surface area contributed by atoms with E-state index in [2.05, 4.69) is 0 Å². The molecule has 0 N–H and O–H groups in total. The van der Waals surface area contributed by atoms with Gasteiger partial charge in [-0.3, -0.25) is 0 Å². The van der Waals surface area contributed by atoms with Crippen LogP contribution in [0.4, 0.5) is 0 Å². The summed E-state index contributed by atoms with van der Waals surface area (Å²) in [5.74, 6) is 1.33. The minimum atomic E-state index is -0.364. The zero-order chi connectivity index (χ0) is 16.1. The van der Waals surface area contributed by atoms with Gasteiger partial charge in [0.05, 0.1) is 5.56 Å². The first-order valence-corrected chi connectivity index (χ1v) is 7.65. The van der Waals surface area contributed by atoms with E-state index in [0.29, 0.717) is 22.6 Å². The minimum Gasteiger partial charge on any atom is -0.454 e. The van der Waals surface area contributed by atoms with Crippen LogP contribution in [-0.2, 0) is 0 Å². The summed E-state index contributed by atoms with van der Waals surface area (Å²) in [5, 5.41) is 3.08. The monoisotopic (exact) mass is 316 g/mol. The Kier molecular flexibility index (Phi) is 2.67. The molecule has 116 valence electrons. The number of benzene rings is 3. The molecule has 1 aliphatic heterocycles. The van der Waals surface area contributed by atoms with Crippen LogP contribution in [0.25, 0.3) is 32.9 Å². The number of fused-ring (bicyclic) bond motifs is 4. The fraction of sp³-hybridized carbons (Fsp3) is 0.0500. The molecule has 3 aromatic carbocycles. The largest absolute Gasteiger partial charge is 0.454 e. The van der Waals surface area contributed by atoms with Crippen molar-refractivity contribution in [2.45, 2.75) is 0 Å². The molecular formula is C20H12O4. The Morgan fingerprint density at radius 3 is 2.62 bits per heavy atom. The molecule has 1 aromatic heterocycles. The molecule has 0 atom stereocenters. The highest BCUT2D eigenvalue weighted by atomic mass is 16.7. The van der Waals surface area contributed by atoms with Crippen molar-refractivity contribution in [3.8, 4) is 22.6 Å². The Balaban J connectivity index is 1.81. The van der Waals surface area contributed by atoms with Crippen LogP contribution in [0.2, 0.25) is 0 Å². The summed E-state index contributed by atoms with van der Waals surface area (Å²) in [4.78, 5) is 12.4. The minimum absolute atomic E-state index is 0.204. The van der Waals surface area contributed by atoms with Gasteiger partial charge < -0.3 is 13.9 Å². The van der Waals surface area contributed by atoms with Gasteiger partial charge in [0, 0.05) is 5.39 Å². The number of hydrogen-bond donors (Lipinski definition) is 0. The molecule has 4 nitrogen and oxygen atoms in total. The molecule has 0 unspecified atom stereocenters. The SMILES string of the molecule is O=c1oc2ccc3ccccc3c2cc1-c1ccc2c(c1)OCO2. The van der Waals surface area contributed by atoms with Crippen molar-refractivity contribution < 1.29 is 13.9 Å². The third-order valence-electron chi connectivity index (χ3n) is 4.33. The maximum absolute atomic E-state index is 12.4. The van der Waals surface area contributed by atoms with Gasteiger partial charge in [-0.05, 0) is 40.6 Å². The van der Waals surface area contributed by atoms with Gasteiger partial charge in [-0.25, -0.2) is 4.79 Å². The van der Waals surface area contributed by atoms with Crippen LogP contribution in [0.15, 0.2) is 69.9 Å². The van der Waals surface area contributed by atoms with Crippen LogP contribution in [0.5, 0.6) is 11.5 Å². The number of hydrogen-bond acceptors (Lipinski definition) is 4. The molecule has 0 spiro atoms. The Bertz CT molecular complexity index is 1160. The van der Waals surface area contributed by atoms with E-state index in [-0.39, 0.29) is 12.4 Å². The fourth-order valence-corrected chi connectivity index (χ4v) is 3.14. The average Bonchev–Trinajstić information content (AvgIpc) is 3.08. The zero-order valence-electron chi connectivity index (χ0n) is 12.6. The summed E-state index contributed by atoms with van der Waals surface area (Å²) in [6, 6.07) is 19.2. The van der Waals surface area contributed by atoms with Crippen molar-refractivity contribution in [2.75, 3.05) is 6.79 Å². The summed E-state index contributed by atoms with van der Waals surface area (Å²) >= 11 is 0. The molecule has 4 aromatic rings. The van der Waals surface area contributed by atoms with E-state index < -0.39 is 0 Å². The van der Waals surface area contributed by atoms with E-state index in [4.69, 9.17) is 13.9 Å².